The molecular formula is C12H23N5O. The Morgan fingerprint density at radius 2 is 1.72 bits per heavy atom. The average molecular weight is 253 g/mol. The minimum Gasteiger partial charge on any atom is -0.490 e. The molecule has 18 heavy (non-hydrogen) atoms. The summed E-state index contributed by atoms with van der Waals surface area (Å²) >= 11 is 0. The van der Waals surface area contributed by atoms with Gasteiger partial charge in [-0.1, -0.05) is 20.8 Å². The van der Waals surface area contributed by atoms with E-state index in [4.69, 9.17) is 10.6 Å². The summed E-state index contributed by atoms with van der Waals surface area (Å²) in [6, 6.07) is 0. The molecule has 0 saturated carbocycles. The van der Waals surface area contributed by atoms with Gasteiger partial charge in [0, 0.05) is 5.54 Å². The van der Waals surface area contributed by atoms with Crippen LogP contribution in [0.15, 0.2) is 6.33 Å². The molecule has 0 unspecified atom stereocenters. The number of nitrogens with zero attached hydrogens (tertiary/aromatic N) is 2. The van der Waals surface area contributed by atoms with Crippen LogP contribution in [0.5, 0.6) is 5.75 Å². The van der Waals surface area contributed by atoms with Gasteiger partial charge in [-0.3, -0.25) is 0 Å². The summed E-state index contributed by atoms with van der Waals surface area (Å²) in [5, 5.41) is 3.46. The molecule has 0 amide bonds. The zero-order valence-electron chi connectivity index (χ0n) is 11.6. The molecule has 4 N–H and O–H groups in total. The fraction of sp³-hybridized carbons (Fsp3) is 0.667. The number of anilines is 2. The molecule has 6 nitrogen and oxygen atoms in total. The highest BCUT2D eigenvalue weighted by molar-refractivity contribution is 5.63. The van der Waals surface area contributed by atoms with E-state index in [1.807, 2.05) is 0 Å². The maximum Gasteiger partial charge on any atom is 0.205 e. The summed E-state index contributed by atoms with van der Waals surface area (Å²) in [5.74, 6) is 7.10. The summed E-state index contributed by atoms with van der Waals surface area (Å²) < 4.78 is 5.32. The van der Waals surface area contributed by atoms with Crippen molar-refractivity contribution in [3.8, 4) is 5.75 Å². The van der Waals surface area contributed by atoms with E-state index in [1.165, 1.54) is 6.33 Å². The maximum atomic E-state index is 5.41. The van der Waals surface area contributed by atoms with Crippen molar-refractivity contribution >= 4 is 11.6 Å². The Hall–Kier alpha value is -1.56. The van der Waals surface area contributed by atoms with Gasteiger partial charge < -0.3 is 15.5 Å². The fourth-order valence-corrected chi connectivity index (χ4v) is 2.03. The first-order valence-corrected chi connectivity index (χ1v) is 6.30. The normalized spacial score (nSPS) is 11.2. The number of hydrogen-bond acceptors (Lipinski definition) is 6. The lowest BCUT2D eigenvalue weighted by molar-refractivity contribution is 0.397. The van der Waals surface area contributed by atoms with Crippen molar-refractivity contribution < 1.29 is 4.74 Å². The zero-order valence-corrected chi connectivity index (χ0v) is 11.6. The van der Waals surface area contributed by atoms with Gasteiger partial charge >= 0.3 is 0 Å². The van der Waals surface area contributed by atoms with Gasteiger partial charge in [0.2, 0.25) is 5.75 Å². The van der Waals surface area contributed by atoms with Crippen LogP contribution in [-0.2, 0) is 0 Å². The number of nitrogens with two attached hydrogens (primary N) is 1. The smallest absolute Gasteiger partial charge is 0.205 e. The summed E-state index contributed by atoms with van der Waals surface area (Å²) in [6.45, 7) is 6.49. The van der Waals surface area contributed by atoms with Crippen LogP contribution in [0.1, 0.15) is 40.0 Å². The van der Waals surface area contributed by atoms with E-state index in [0.29, 0.717) is 17.4 Å². The number of nitrogen functional groups attached to an aromatic ring is 1. The molecule has 0 bridgehead atoms. The van der Waals surface area contributed by atoms with Gasteiger partial charge in [-0.05, 0) is 19.3 Å². The van der Waals surface area contributed by atoms with Gasteiger partial charge in [-0.15, -0.1) is 0 Å². The largest absolute Gasteiger partial charge is 0.490 e. The molecule has 0 fully saturated rings. The van der Waals surface area contributed by atoms with Crippen LogP contribution in [0.25, 0.3) is 0 Å². The predicted octanol–water partition coefficient (Wildman–Crippen LogP) is 2.15. The molecule has 1 heterocycles. The first-order valence-electron chi connectivity index (χ1n) is 6.30. The number of hydrogen-bond donors (Lipinski definition) is 3. The summed E-state index contributed by atoms with van der Waals surface area (Å²) in [6.07, 6.45) is 4.50. The molecule has 102 valence electrons. The molecule has 0 atom stereocenters. The van der Waals surface area contributed by atoms with Crippen molar-refractivity contribution in [2.45, 2.75) is 45.6 Å². The second-order valence-electron chi connectivity index (χ2n) is 4.21. The molecular weight excluding hydrogens is 230 g/mol. The van der Waals surface area contributed by atoms with Crippen LogP contribution in [-0.4, -0.2) is 22.6 Å². The van der Waals surface area contributed by atoms with E-state index in [9.17, 15) is 0 Å². The first kappa shape index (κ1) is 14.5. The van der Waals surface area contributed by atoms with Gasteiger partial charge in [-0.2, -0.15) is 0 Å². The number of aromatic nitrogens is 2. The second-order valence-corrected chi connectivity index (χ2v) is 4.21. The number of ether oxygens (including phenoxy) is 1. The first-order chi connectivity index (χ1) is 8.66. The Bertz CT molecular complexity index is 370. The van der Waals surface area contributed by atoms with Crippen molar-refractivity contribution in [1.82, 2.24) is 9.97 Å². The second kappa shape index (κ2) is 6.39. The fourth-order valence-electron chi connectivity index (χ4n) is 2.03. The zero-order chi connectivity index (χ0) is 13.6. The van der Waals surface area contributed by atoms with Crippen molar-refractivity contribution in [3.05, 3.63) is 6.33 Å². The van der Waals surface area contributed by atoms with Crippen LogP contribution in [0.3, 0.4) is 0 Å². The van der Waals surface area contributed by atoms with Crippen molar-refractivity contribution in [2.24, 2.45) is 5.84 Å². The standard InChI is InChI=1S/C12H23N5O/c1-5-12(6-2,7-3)16-10-9(18-4)11(17-13)15-8-14-10/h8H,5-7,13H2,1-4H3,(H2,14,15,16,17). The topological polar surface area (TPSA) is 85.1 Å². The van der Waals surface area contributed by atoms with E-state index in [2.05, 4.69) is 41.5 Å². The van der Waals surface area contributed by atoms with E-state index < -0.39 is 0 Å². The van der Waals surface area contributed by atoms with Crippen LogP contribution in [0.2, 0.25) is 0 Å². The van der Waals surface area contributed by atoms with E-state index >= 15 is 0 Å². The van der Waals surface area contributed by atoms with Gasteiger partial charge in [0.25, 0.3) is 0 Å². The molecule has 6 heteroatoms. The van der Waals surface area contributed by atoms with Crippen LogP contribution < -0.4 is 21.3 Å². The van der Waals surface area contributed by atoms with E-state index in [-0.39, 0.29) is 5.54 Å². The predicted molar refractivity (Wildman–Crippen MR) is 73.6 cm³/mol. The van der Waals surface area contributed by atoms with Gasteiger partial charge in [0.15, 0.2) is 11.6 Å². The van der Waals surface area contributed by atoms with Gasteiger partial charge in [0.1, 0.15) is 6.33 Å². The van der Waals surface area contributed by atoms with E-state index in [1.54, 1.807) is 7.11 Å². The summed E-state index contributed by atoms with van der Waals surface area (Å²) in [7, 11) is 1.58. The number of rotatable bonds is 7. The van der Waals surface area contributed by atoms with Crippen molar-refractivity contribution in [3.63, 3.8) is 0 Å². The third-order valence-electron chi connectivity index (χ3n) is 3.56. The van der Waals surface area contributed by atoms with Crippen molar-refractivity contribution in [1.29, 1.82) is 0 Å². The Kier molecular flexibility index (Phi) is 5.15. The Morgan fingerprint density at radius 3 is 2.17 bits per heavy atom. The molecule has 1 aromatic heterocycles. The molecule has 0 aliphatic rings. The van der Waals surface area contributed by atoms with Crippen molar-refractivity contribution in [2.75, 3.05) is 17.9 Å². The molecule has 0 aliphatic heterocycles. The highest BCUT2D eigenvalue weighted by Crippen LogP contribution is 2.33. The molecule has 0 aromatic carbocycles. The SMILES string of the molecule is CCC(CC)(CC)Nc1ncnc(NN)c1OC. The molecule has 0 aliphatic carbocycles. The van der Waals surface area contributed by atoms with E-state index in [0.717, 1.165) is 19.3 Å². The molecule has 1 aromatic rings. The highest BCUT2D eigenvalue weighted by Gasteiger charge is 2.26. The lowest BCUT2D eigenvalue weighted by Gasteiger charge is -2.32. The van der Waals surface area contributed by atoms with Gasteiger partial charge in [-0.25, -0.2) is 15.8 Å². The van der Waals surface area contributed by atoms with Gasteiger partial charge in [0.05, 0.1) is 7.11 Å². The molecule has 0 radical (unpaired) electrons. The molecule has 0 saturated heterocycles. The Labute approximate surface area is 108 Å². The molecule has 1 rings (SSSR count). The Morgan fingerprint density at radius 1 is 1.17 bits per heavy atom. The Balaban J connectivity index is 3.09. The summed E-state index contributed by atoms with van der Waals surface area (Å²) in [5.41, 5.74) is 2.53. The monoisotopic (exact) mass is 253 g/mol. The minimum atomic E-state index is 0.0213. The highest BCUT2D eigenvalue weighted by atomic mass is 16.5. The maximum absolute atomic E-state index is 5.41. The average Bonchev–Trinajstić information content (AvgIpc) is 2.44. The lowest BCUT2D eigenvalue weighted by Crippen LogP contribution is -2.36. The lowest BCUT2D eigenvalue weighted by atomic mass is 9.90. The summed E-state index contributed by atoms with van der Waals surface area (Å²) in [4.78, 5) is 8.27. The molecule has 0 spiro atoms. The quantitative estimate of drug-likeness (QED) is 0.510. The number of methoxy groups -OCH3 is 1. The number of hydrazine groups is 1. The van der Waals surface area contributed by atoms with Crippen LogP contribution >= 0.6 is 0 Å². The minimum absolute atomic E-state index is 0.0213. The van der Waals surface area contributed by atoms with Crippen LogP contribution in [0.4, 0.5) is 11.6 Å². The third-order valence-corrected chi connectivity index (χ3v) is 3.56. The van der Waals surface area contributed by atoms with Crippen LogP contribution in [0, 0.1) is 0 Å². The number of nitrogens with one attached hydrogen (secondary N) is 2. The third kappa shape index (κ3) is 2.81.